The minimum atomic E-state index is 0.612. The molecule has 8 aromatic carbocycles. The van der Waals surface area contributed by atoms with Crippen LogP contribution in [0.2, 0.25) is 0 Å². The molecule has 270 valence electrons. The van der Waals surface area contributed by atoms with Gasteiger partial charge in [-0.05, 0) is 68.1 Å². The minimum absolute atomic E-state index is 0.612. The van der Waals surface area contributed by atoms with E-state index in [9.17, 15) is 0 Å². The molecule has 0 fully saturated rings. The van der Waals surface area contributed by atoms with E-state index >= 15 is 0 Å². The van der Waals surface area contributed by atoms with Gasteiger partial charge in [-0.25, -0.2) is 19.9 Å². The van der Waals surface area contributed by atoms with Gasteiger partial charge >= 0.3 is 0 Å². The summed E-state index contributed by atoms with van der Waals surface area (Å²) in [6.45, 7) is 0. The maximum atomic E-state index is 5.29. The van der Waals surface area contributed by atoms with Crippen molar-refractivity contribution >= 4 is 43.4 Å². The van der Waals surface area contributed by atoms with Crippen LogP contribution in [0, 0.1) is 0 Å². The van der Waals surface area contributed by atoms with Gasteiger partial charge in [0.25, 0.3) is 0 Å². The summed E-state index contributed by atoms with van der Waals surface area (Å²) in [4.78, 5) is 25.5. The smallest absolute Gasteiger partial charge is 0.165 e. The highest BCUT2D eigenvalue weighted by atomic mass is 15.0. The van der Waals surface area contributed by atoms with Crippen molar-refractivity contribution < 1.29 is 0 Å². The fourth-order valence-corrected chi connectivity index (χ4v) is 7.99. The van der Waals surface area contributed by atoms with E-state index in [0.717, 1.165) is 93.6 Å². The standard InChI is InChI=1S/C53H33N5/c1-3-10-34(11-4-1)35-17-21-40(22-18-35)51-56-52(58-53(57-51)48-45-16-8-7-14-37(45)27-29-46(48)36-12-5-2-6-13-36)44-26-24-41-32-43(25-23-42(41)33-44)47-30-28-39-20-19-38-15-9-31-54-49(38)50(39)55-47/h1-33H. The summed E-state index contributed by atoms with van der Waals surface area (Å²) in [5.74, 6) is 1.86. The normalized spacial score (nSPS) is 11.4. The van der Waals surface area contributed by atoms with Crippen LogP contribution in [0.4, 0.5) is 0 Å². The van der Waals surface area contributed by atoms with E-state index in [1.807, 2.05) is 24.4 Å². The highest BCUT2D eigenvalue weighted by Gasteiger charge is 2.19. The van der Waals surface area contributed by atoms with Gasteiger partial charge in [0.15, 0.2) is 17.5 Å². The Hall–Kier alpha value is -7.89. The lowest BCUT2D eigenvalue weighted by molar-refractivity contribution is 1.08. The molecule has 11 aromatic rings. The van der Waals surface area contributed by atoms with Crippen molar-refractivity contribution in [2.75, 3.05) is 0 Å². The largest absolute Gasteiger partial charge is 0.254 e. The third kappa shape index (κ3) is 6.03. The van der Waals surface area contributed by atoms with E-state index in [0.29, 0.717) is 17.5 Å². The van der Waals surface area contributed by atoms with Gasteiger partial charge in [0, 0.05) is 39.2 Å². The fourth-order valence-electron chi connectivity index (χ4n) is 7.99. The summed E-state index contributed by atoms with van der Waals surface area (Å²) in [5, 5.41) is 6.55. The molecule has 3 heterocycles. The van der Waals surface area contributed by atoms with E-state index in [2.05, 4.69) is 181 Å². The molecule has 0 unspecified atom stereocenters. The Morgan fingerprint density at radius 1 is 0.293 bits per heavy atom. The second kappa shape index (κ2) is 14.0. The van der Waals surface area contributed by atoms with Gasteiger partial charge < -0.3 is 0 Å². The van der Waals surface area contributed by atoms with Crippen molar-refractivity contribution in [2.45, 2.75) is 0 Å². The van der Waals surface area contributed by atoms with Crippen LogP contribution >= 0.6 is 0 Å². The van der Waals surface area contributed by atoms with Crippen LogP contribution in [0.15, 0.2) is 200 Å². The molecule has 5 nitrogen and oxygen atoms in total. The number of nitrogens with zero attached hydrogens (tertiary/aromatic N) is 5. The third-order valence-electron chi connectivity index (χ3n) is 10.9. The predicted molar refractivity (Wildman–Crippen MR) is 238 cm³/mol. The first-order chi connectivity index (χ1) is 28.7. The molecule has 0 radical (unpaired) electrons. The van der Waals surface area contributed by atoms with E-state index in [1.54, 1.807) is 0 Å². The molecule has 0 aliphatic rings. The van der Waals surface area contributed by atoms with Gasteiger partial charge in [-0.3, -0.25) is 4.98 Å². The Morgan fingerprint density at radius 2 is 0.828 bits per heavy atom. The molecule has 0 aliphatic carbocycles. The van der Waals surface area contributed by atoms with Gasteiger partial charge in [-0.1, -0.05) is 170 Å². The first-order valence-electron chi connectivity index (χ1n) is 19.4. The SMILES string of the molecule is c1ccc(-c2ccc(-c3nc(-c4ccc5cc(-c6ccc7ccc8cccnc8c7n6)ccc5c4)nc(-c4c(-c5ccccc5)ccc5ccccc45)n3)cc2)cc1. The average molecular weight is 740 g/mol. The molecule has 58 heavy (non-hydrogen) atoms. The Morgan fingerprint density at radius 3 is 1.62 bits per heavy atom. The quantitative estimate of drug-likeness (QED) is 0.159. The van der Waals surface area contributed by atoms with Gasteiger partial charge in [-0.2, -0.15) is 0 Å². The van der Waals surface area contributed by atoms with Gasteiger partial charge in [0.05, 0.1) is 16.7 Å². The van der Waals surface area contributed by atoms with Gasteiger partial charge in [0.2, 0.25) is 0 Å². The van der Waals surface area contributed by atoms with Crippen LogP contribution in [-0.2, 0) is 0 Å². The van der Waals surface area contributed by atoms with Crippen molar-refractivity contribution in [3.8, 4) is 67.7 Å². The van der Waals surface area contributed by atoms with Crippen molar-refractivity contribution in [3.63, 3.8) is 0 Å². The molecule has 0 saturated heterocycles. The molecule has 0 amide bonds. The lowest BCUT2D eigenvalue weighted by Crippen LogP contribution is -2.02. The first kappa shape index (κ1) is 33.4. The molecule has 0 atom stereocenters. The number of hydrogen-bond acceptors (Lipinski definition) is 5. The zero-order valence-electron chi connectivity index (χ0n) is 31.3. The molecule has 0 spiro atoms. The summed E-state index contributed by atoms with van der Waals surface area (Å²) >= 11 is 0. The summed E-state index contributed by atoms with van der Waals surface area (Å²) in [6, 6.07) is 67.6. The van der Waals surface area contributed by atoms with Gasteiger partial charge in [0.1, 0.15) is 0 Å². The number of hydrogen-bond donors (Lipinski definition) is 0. The van der Waals surface area contributed by atoms with Crippen LogP contribution in [0.3, 0.4) is 0 Å². The van der Waals surface area contributed by atoms with Gasteiger partial charge in [-0.15, -0.1) is 0 Å². The Bertz CT molecular complexity index is 3330. The zero-order valence-corrected chi connectivity index (χ0v) is 31.3. The lowest BCUT2D eigenvalue weighted by Gasteiger charge is -2.15. The molecule has 0 N–H and O–H groups in total. The summed E-state index contributed by atoms with van der Waals surface area (Å²) in [5.41, 5.74) is 11.0. The first-order valence-corrected chi connectivity index (χ1v) is 19.4. The highest BCUT2D eigenvalue weighted by Crippen LogP contribution is 2.39. The molecule has 5 heteroatoms. The van der Waals surface area contributed by atoms with E-state index in [-0.39, 0.29) is 0 Å². The zero-order chi connectivity index (χ0) is 38.4. The number of aromatic nitrogens is 5. The predicted octanol–water partition coefficient (Wildman–Crippen LogP) is 13.3. The lowest BCUT2D eigenvalue weighted by atomic mass is 9.93. The van der Waals surface area contributed by atoms with E-state index in [4.69, 9.17) is 19.9 Å². The minimum Gasteiger partial charge on any atom is -0.254 e. The second-order valence-corrected chi connectivity index (χ2v) is 14.5. The Labute approximate surface area is 335 Å². The molecular weight excluding hydrogens is 707 g/mol. The summed E-state index contributed by atoms with van der Waals surface area (Å²) in [6.07, 6.45) is 1.83. The molecule has 0 saturated carbocycles. The molecule has 0 aliphatic heterocycles. The van der Waals surface area contributed by atoms with Crippen molar-refractivity contribution in [3.05, 3.63) is 200 Å². The molecule has 11 rings (SSSR count). The number of fused-ring (bicyclic) bond motifs is 5. The number of pyridine rings is 2. The Kier molecular flexibility index (Phi) is 8.07. The van der Waals surface area contributed by atoms with E-state index < -0.39 is 0 Å². The van der Waals surface area contributed by atoms with Crippen LogP contribution < -0.4 is 0 Å². The molecular formula is C53H33N5. The second-order valence-electron chi connectivity index (χ2n) is 14.5. The fraction of sp³-hybridized carbons (Fsp3) is 0. The maximum absolute atomic E-state index is 5.29. The number of rotatable bonds is 6. The van der Waals surface area contributed by atoms with E-state index in [1.165, 1.54) is 0 Å². The molecule has 3 aromatic heterocycles. The topological polar surface area (TPSA) is 64.5 Å². The van der Waals surface area contributed by atoms with Crippen LogP contribution in [0.5, 0.6) is 0 Å². The summed E-state index contributed by atoms with van der Waals surface area (Å²) < 4.78 is 0. The van der Waals surface area contributed by atoms with Crippen LogP contribution in [0.25, 0.3) is 111 Å². The Balaban J connectivity index is 1.06. The monoisotopic (exact) mass is 739 g/mol. The third-order valence-corrected chi connectivity index (χ3v) is 10.9. The van der Waals surface area contributed by atoms with Crippen molar-refractivity contribution in [1.82, 2.24) is 24.9 Å². The maximum Gasteiger partial charge on any atom is 0.165 e. The average Bonchev–Trinajstić information content (AvgIpc) is 3.31. The van der Waals surface area contributed by atoms with Crippen molar-refractivity contribution in [2.24, 2.45) is 0 Å². The summed E-state index contributed by atoms with van der Waals surface area (Å²) in [7, 11) is 0. The van der Waals surface area contributed by atoms with Crippen LogP contribution in [0.1, 0.15) is 0 Å². The van der Waals surface area contributed by atoms with Crippen molar-refractivity contribution in [1.29, 1.82) is 0 Å². The highest BCUT2D eigenvalue weighted by molar-refractivity contribution is 6.04. The van der Waals surface area contributed by atoms with Crippen LogP contribution in [-0.4, -0.2) is 24.9 Å². The number of benzene rings is 8. The molecule has 0 bridgehead atoms.